The molecule has 0 unspecified atom stereocenters. The minimum absolute atomic E-state index is 0.00401. The summed E-state index contributed by atoms with van der Waals surface area (Å²) in [5.74, 6) is -1.26. The average Bonchev–Trinajstić information content (AvgIpc) is 3.10. The van der Waals surface area contributed by atoms with Crippen LogP contribution in [0.3, 0.4) is 0 Å². The summed E-state index contributed by atoms with van der Waals surface area (Å²) in [7, 11) is -4.17. The number of nitrogens with zero attached hydrogens (tertiary/aromatic N) is 2. The predicted octanol–water partition coefficient (Wildman–Crippen LogP) is 6.67. The molecule has 0 radical (unpaired) electrons. The van der Waals surface area contributed by atoms with E-state index in [0.717, 1.165) is 54.0 Å². The standard InChI is InChI=1S/C38H42FN3O4S/c1-2-29-20-24-34(25-21-29)42(47(45,46)35-16-10-5-11-17-35)28-37(43)41(27-31-18-22-32(39)23-19-31)36(26-30-12-6-3-7-13-30)38(44)40-33-14-8-4-9-15-33/h3,5-7,10-13,16-25,33,36H,2,4,8-9,14-15,26-28H2,1H3,(H,40,44)/t36-/m0/s1. The highest BCUT2D eigenvalue weighted by Gasteiger charge is 2.35. The second-order valence-corrected chi connectivity index (χ2v) is 13.9. The van der Waals surface area contributed by atoms with Crippen LogP contribution in [0.15, 0.2) is 114 Å². The van der Waals surface area contributed by atoms with E-state index in [-0.39, 0.29) is 29.8 Å². The molecule has 4 aromatic carbocycles. The molecule has 9 heteroatoms. The third-order valence-corrected chi connectivity index (χ3v) is 10.5. The fourth-order valence-corrected chi connectivity index (χ4v) is 7.47. The largest absolute Gasteiger partial charge is 0.352 e. The van der Waals surface area contributed by atoms with Gasteiger partial charge in [0.15, 0.2) is 0 Å². The molecular formula is C38H42FN3O4S. The summed E-state index contributed by atoms with van der Waals surface area (Å²) in [5.41, 5.74) is 2.84. The maximum atomic E-state index is 14.6. The zero-order valence-corrected chi connectivity index (χ0v) is 27.5. The first-order valence-corrected chi connectivity index (χ1v) is 17.7. The molecule has 47 heavy (non-hydrogen) atoms. The number of carbonyl (C=O) groups is 2. The van der Waals surface area contributed by atoms with Gasteiger partial charge in [-0.25, -0.2) is 12.8 Å². The highest BCUT2D eigenvalue weighted by Crippen LogP contribution is 2.26. The molecule has 1 atom stereocenters. The Kier molecular flexibility index (Phi) is 11.4. The molecular weight excluding hydrogens is 614 g/mol. The van der Waals surface area contributed by atoms with E-state index in [1.807, 2.05) is 49.4 Å². The van der Waals surface area contributed by atoms with Gasteiger partial charge in [0.05, 0.1) is 10.6 Å². The van der Waals surface area contributed by atoms with E-state index in [1.54, 1.807) is 42.5 Å². The Morgan fingerprint density at radius 3 is 2.00 bits per heavy atom. The zero-order valence-electron chi connectivity index (χ0n) is 26.7. The molecule has 246 valence electrons. The summed E-state index contributed by atoms with van der Waals surface area (Å²) in [6.45, 7) is 1.46. The molecule has 4 aromatic rings. The molecule has 1 saturated carbocycles. The summed E-state index contributed by atoms with van der Waals surface area (Å²) >= 11 is 0. The lowest BCUT2D eigenvalue weighted by atomic mass is 9.94. The first kappa shape index (κ1) is 33.9. The fraction of sp³-hybridized carbons (Fsp3) is 0.316. The quantitative estimate of drug-likeness (QED) is 0.174. The Morgan fingerprint density at radius 1 is 0.787 bits per heavy atom. The Hall–Kier alpha value is -4.50. The summed E-state index contributed by atoms with van der Waals surface area (Å²) in [5, 5.41) is 3.20. The van der Waals surface area contributed by atoms with Crippen LogP contribution in [0.5, 0.6) is 0 Å². The molecule has 5 rings (SSSR count). The van der Waals surface area contributed by atoms with Crippen LogP contribution >= 0.6 is 0 Å². The van der Waals surface area contributed by atoms with Gasteiger partial charge < -0.3 is 10.2 Å². The number of anilines is 1. The van der Waals surface area contributed by atoms with Crippen LogP contribution in [-0.4, -0.2) is 43.8 Å². The number of amides is 2. The monoisotopic (exact) mass is 655 g/mol. The van der Waals surface area contributed by atoms with Crippen LogP contribution in [0, 0.1) is 5.82 Å². The van der Waals surface area contributed by atoms with Crippen LogP contribution in [0.1, 0.15) is 55.7 Å². The summed E-state index contributed by atoms with van der Waals surface area (Å²) in [6, 6.07) is 29.4. The lowest BCUT2D eigenvalue weighted by Gasteiger charge is -2.35. The maximum Gasteiger partial charge on any atom is 0.264 e. The van der Waals surface area contributed by atoms with Gasteiger partial charge in [-0.2, -0.15) is 0 Å². The van der Waals surface area contributed by atoms with E-state index in [4.69, 9.17) is 0 Å². The molecule has 1 aliphatic carbocycles. The zero-order chi connectivity index (χ0) is 33.2. The van der Waals surface area contributed by atoms with Crippen LogP contribution in [-0.2, 0) is 39.0 Å². The Morgan fingerprint density at radius 2 is 1.38 bits per heavy atom. The first-order chi connectivity index (χ1) is 22.7. The number of rotatable bonds is 13. The normalized spacial score (nSPS) is 14.3. The van der Waals surface area contributed by atoms with Crippen molar-refractivity contribution in [2.75, 3.05) is 10.8 Å². The fourth-order valence-electron chi connectivity index (χ4n) is 6.03. The van der Waals surface area contributed by atoms with Gasteiger partial charge in [0.25, 0.3) is 10.0 Å². The average molecular weight is 656 g/mol. The van der Waals surface area contributed by atoms with E-state index >= 15 is 0 Å². The summed E-state index contributed by atoms with van der Waals surface area (Å²) in [6.07, 6.45) is 5.90. The molecule has 0 heterocycles. The van der Waals surface area contributed by atoms with Gasteiger partial charge in [-0.05, 0) is 72.4 Å². The second-order valence-electron chi connectivity index (χ2n) is 12.0. The SMILES string of the molecule is CCc1ccc(N(CC(=O)N(Cc2ccc(F)cc2)[C@@H](Cc2ccccc2)C(=O)NC2CCCCC2)S(=O)(=O)c2ccccc2)cc1. The number of benzene rings is 4. The molecule has 7 nitrogen and oxygen atoms in total. The van der Waals surface area contributed by atoms with Crippen LogP contribution in [0.4, 0.5) is 10.1 Å². The molecule has 1 fully saturated rings. The van der Waals surface area contributed by atoms with Crippen LogP contribution < -0.4 is 9.62 Å². The third-order valence-electron chi connectivity index (χ3n) is 8.73. The first-order valence-electron chi connectivity index (χ1n) is 16.3. The van der Waals surface area contributed by atoms with Crippen molar-refractivity contribution in [3.05, 3.63) is 132 Å². The Labute approximate surface area is 277 Å². The van der Waals surface area contributed by atoms with Crippen molar-refractivity contribution in [3.63, 3.8) is 0 Å². The van der Waals surface area contributed by atoms with Crippen molar-refractivity contribution >= 4 is 27.5 Å². The number of hydrogen-bond donors (Lipinski definition) is 1. The summed E-state index contributed by atoms with van der Waals surface area (Å²) < 4.78 is 43.3. The van der Waals surface area contributed by atoms with Gasteiger partial charge in [0.1, 0.15) is 18.4 Å². The number of aryl methyl sites for hydroxylation is 1. The number of nitrogens with one attached hydrogen (secondary N) is 1. The van der Waals surface area contributed by atoms with E-state index in [2.05, 4.69) is 5.32 Å². The molecule has 0 spiro atoms. The van der Waals surface area contributed by atoms with Gasteiger partial charge in [0.2, 0.25) is 11.8 Å². The molecule has 0 aliphatic heterocycles. The Bertz CT molecular complexity index is 1710. The van der Waals surface area contributed by atoms with Crippen LogP contribution in [0.25, 0.3) is 0 Å². The summed E-state index contributed by atoms with van der Waals surface area (Å²) in [4.78, 5) is 30.2. The van der Waals surface area contributed by atoms with Crippen LogP contribution in [0.2, 0.25) is 0 Å². The number of halogens is 1. The Balaban J connectivity index is 1.55. The third kappa shape index (κ3) is 8.86. The number of sulfonamides is 1. The number of carbonyl (C=O) groups excluding carboxylic acids is 2. The van der Waals surface area contributed by atoms with E-state index in [0.29, 0.717) is 11.3 Å². The number of hydrogen-bond acceptors (Lipinski definition) is 4. The van der Waals surface area contributed by atoms with Gasteiger partial charge in [0, 0.05) is 19.0 Å². The van der Waals surface area contributed by atoms with E-state index in [1.165, 1.54) is 29.2 Å². The topological polar surface area (TPSA) is 86.8 Å². The van der Waals surface area contributed by atoms with Gasteiger partial charge in [-0.15, -0.1) is 0 Å². The van der Waals surface area contributed by atoms with Crippen molar-refractivity contribution in [2.45, 2.75) is 75.4 Å². The molecule has 0 saturated heterocycles. The second kappa shape index (κ2) is 15.9. The molecule has 0 bridgehead atoms. The van der Waals surface area contributed by atoms with E-state index < -0.39 is 34.3 Å². The smallest absolute Gasteiger partial charge is 0.264 e. The minimum atomic E-state index is -4.17. The van der Waals surface area contributed by atoms with Crippen molar-refractivity contribution in [2.24, 2.45) is 0 Å². The van der Waals surface area contributed by atoms with E-state index in [9.17, 15) is 22.4 Å². The van der Waals surface area contributed by atoms with Gasteiger partial charge >= 0.3 is 0 Å². The molecule has 1 N–H and O–H groups in total. The van der Waals surface area contributed by atoms with Crippen molar-refractivity contribution in [1.82, 2.24) is 10.2 Å². The lowest BCUT2D eigenvalue weighted by Crippen LogP contribution is -2.55. The molecule has 1 aliphatic rings. The molecule has 2 amide bonds. The highest BCUT2D eigenvalue weighted by molar-refractivity contribution is 7.92. The van der Waals surface area contributed by atoms with Gasteiger partial charge in [-0.1, -0.05) is 99.0 Å². The highest BCUT2D eigenvalue weighted by atomic mass is 32.2. The van der Waals surface area contributed by atoms with Crippen molar-refractivity contribution < 1.29 is 22.4 Å². The lowest BCUT2D eigenvalue weighted by molar-refractivity contribution is -0.140. The van der Waals surface area contributed by atoms with Gasteiger partial charge in [-0.3, -0.25) is 13.9 Å². The van der Waals surface area contributed by atoms with Crippen molar-refractivity contribution in [3.8, 4) is 0 Å². The van der Waals surface area contributed by atoms with Crippen molar-refractivity contribution in [1.29, 1.82) is 0 Å². The molecule has 0 aromatic heterocycles. The minimum Gasteiger partial charge on any atom is -0.352 e. The maximum absolute atomic E-state index is 14.6. The predicted molar refractivity (Wildman–Crippen MR) is 183 cm³/mol.